The Bertz CT molecular complexity index is 1290. The number of Topliss-reactive ketones (excluding diaryl/α,β-unsaturated/α-hetero) is 1. The molecule has 2 fully saturated rings. The first-order valence-electron chi connectivity index (χ1n) is 13.7. The summed E-state index contributed by atoms with van der Waals surface area (Å²) in [6.07, 6.45) is 1.63. The van der Waals surface area contributed by atoms with E-state index in [2.05, 4.69) is 43.6 Å². The van der Waals surface area contributed by atoms with Crippen LogP contribution in [0.1, 0.15) is 70.8 Å². The summed E-state index contributed by atoms with van der Waals surface area (Å²) >= 11 is 6.21. The number of ether oxygens (including phenoxy) is 2. The Labute approximate surface area is 242 Å². The van der Waals surface area contributed by atoms with Crippen LogP contribution >= 0.6 is 11.6 Å². The van der Waals surface area contributed by atoms with Gasteiger partial charge in [-0.05, 0) is 51.0 Å². The average molecular weight is 567 g/mol. The maximum Gasteiger partial charge on any atom is 0.410 e. The standard InChI is InChI=1S/C31H39ClN4O4/c1-29(2,3)40-28(38)36-14-12-35(13-15-36)26-11-9-21(19-34-26)24(37)17-25-30(4,5)27(31(25,6)7)39-22-10-8-20(18-33)23(32)16-22/h8-11,16,19,25,27H,12-15,17H2,1-7H3. The molecule has 0 unspecified atom stereocenters. The molecule has 1 saturated heterocycles. The molecule has 1 aliphatic heterocycles. The van der Waals surface area contributed by atoms with Crippen LogP contribution in [0.2, 0.25) is 5.02 Å². The zero-order chi connectivity index (χ0) is 29.5. The van der Waals surface area contributed by atoms with Gasteiger partial charge >= 0.3 is 6.09 Å². The van der Waals surface area contributed by atoms with Gasteiger partial charge in [-0.3, -0.25) is 4.79 Å². The predicted molar refractivity (Wildman–Crippen MR) is 155 cm³/mol. The second kappa shape index (κ2) is 10.9. The van der Waals surface area contributed by atoms with Gasteiger partial charge in [-0.2, -0.15) is 5.26 Å². The van der Waals surface area contributed by atoms with Crippen LogP contribution in [-0.4, -0.2) is 59.6 Å². The third-order valence-corrected chi connectivity index (χ3v) is 8.49. The van der Waals surface area contributed by atoms with E-state index < -0.39 is 5.60 Å². The second-order valence-electron chi connectivity index (χ2n) is 12.9. The first kappa shape index (κ1) is 29.7. The van der Waals surface area contributed by atoms with Gasteiger partial charge in [-0.1, -0.05) is 39.3 Å². The number of anilines is 1. The van der Waals surface area contributed by atoms with Crippen molar-refractivity contribution >= 4 is 29.3 Å². The third-order valence-electron chi connectivity index (χ3n) is 8.18. The topological polar surface area (TPSA) is 95.8 Å². The molecule has 1 aromatic heterocycles. The van der Waals surface area contributed by atoms with E-state index in [1.54, 1.807) is 29.3 Å². The molecule has 1 aromatic carbocycles. The van der Waals surface area contributed by atoms with E-state index in [0.717, 1.165) is 5.82 Å². The number of benzene rings is 1. The molecule has 0 spiro atoms. The zero-order valence-corrected chi connectivity index (χ0v) is 25.2. The van der Waals surface area contributed by atoms with Gasteiger partial charge in [0.05, 0.1) is 10.6 Å². The Kier molecular flexibility index (Phi) is 8.11. The average Bonchev–Trinajstić information content (AvgIpc) is 2.89. The lowest BCUT2D eigenvalue weighted by Gasteiger charge is -2.63. The van der Waals surface area contributed by atoms with Crippen molar-refractivity contribution in [3.8, 4) is 11.8 Å². The van der Waals surface area contributed by atoms with Crippen LogP contribution in [0.3, 0.4) is 0 Å². The van der Waals surface area contributed by atoms with Crippen molar-refractivity contribution in [2.75, 3.05) is 31.1 Å². The molecule has 8 nitrogen and oxygen atoms in total. The Morgan fingerprint density at radius 1 is 1.07 bits per heavy atom. The SMILES string of the molecule is CC(C)(C)OC(=O)N1CCN(c2ccc(C(=O)CC3C(C)(C)C(Oc4ccc(C#N)c(Cl)c4)C3(C)C)cn2)CC1. The van der Waals surface area contributed by atoms with E-state index in [4.69, 9.17) is 26.3 Å². The highest BCUT2D eigenvalue weighted by atomic mass is 35.5. The van der Waals surface area contributed by atoms with Crippen molar-refractivity contribution in [2.45, 2.75) is 66.6 Å². The third kappa shape index (κ3) is 6.05. The number of aromatic nitrogens is 1. The molecule has 1 saturated carbocycles. The fourth-order valence-electron chi connectivity index (χ4n) is 6.30. The zero-order valence-electron chi connectivity index (χ0n) is 24.5. The number of amides is 1. The number of ketones is 1. The minimum atomic E-state index is -0.519. The molecule has 0 atom stereocenters. The van der Waals surface area contributed by atoms with E-state index in [0.29, 0.717) is 54.5 Å². The Morgan fingerprint density at radius 3 is 2.25 bits per heavy atom. The van der Waals surface area contributed by atoms with Crippen LogP contribution in [0, 0.1) is 28.1 Å². The molecule has 214 valence electrons. The highest BCUT2D eigenvalue weighted by Gasteiger charge is 2.63. The predicted octanol–water partition coefficient (Wildman–Crippen LogP) is 6.37. The molecule has 0 radical (unpaired) electrons. The van der Waals surface area contributed by atoms with Gasteiger partial charge in [0.15, 0.2) is 5.78 Å². The fourth-order valence-corrected chi connectivity index (χ4v) is 6.51. The monoisotopic (exact) mass is 566 g/mol. The molecule has 40 heavy (non-hydrogen) atoms. The lowest BCUT2D eigenvalue weighted by molar-refractivity contribution is -0.196. The highest BCUT2D eigenvalue weighted by molar-refractivity contribution is 6.31. The lowest BCUT2D eigenvalue weighted by atomic mass is 9.44. The van der Waals surface area contributed by atoms with Crippen molar-refractivity contribution in [3.05, 3.63) is 52.7 Å². The number of hydrogen-bond acceptors (Lipinski definition) is 7. The summed E-state index contributed by atoms with van der Waals surface area (Å²) < 4.78 is 11.8. The Balaban J connectivity index is 1.35. The largest absolute Gasteiger partial charge is 0.489 e. The quantitative estimate of drug-likeness (QED) is 0.375. The normalized spacial score (nSPS) is 21.7. The van der Waals surface area contributed by atoms with Crippen LogP contribution < -0.4 is 9.64 Å². The van der Waals surface area contributed by atoms with Gasteiger partial charge in [0, 0.05) is 61.3 Å². The van der Waals surface area contributed by atoms with E-state index in [1.807, 2.05) is 32.9 Å². The summed E-state index contributed by atoms with van der Waals surface area (Å²) in [7, 11) is 0. The number of rotatable bonds is 6. The number of hydrogen-bond donors (Lipinski definition) is 0. The summed E-state index contributed by atoms with van der Waals surface area (Å²) in [4.78, 5) is 34.1. The van der Waals surface area contributed by atoms with E-state index in [-0.39, 0.29) is 34.7 Å². The Hall–Kier alpha value is -3.31. The number of nitriles is 1. The summed E-state index contributed by atoms with van der Waals surface area (Å²) in [6.45, 7) is 16.5. The fraction of sp³-hybridized carbons (Fsp3) is 0.548. The number of halogens is 1. The number of nitrogens with zero attached hydrogens (tertiary/aromatic N) is 4. The molecule has 1 amide bonds. The Morgan fingerprint density at radius 2 is 1.73 bits per heavy atom. The molecule has 4 rings (SSSR count). The van der Waals surface area contributed by atoms with Gasteiger partial charge in [0.25, 0.3) is 0 Å². The van der Waals surface area contributed by atoms with Gasteiger partial charge in [0.1, 0.15) is 29.3 Å². The number of carbonyl (C=O) groups excluding carboxylic acids is 2. The number of pyridine rings is 1. The number of piperazine rings is 1. The van der Waals surface area contributed by atoms with Crippen LogP contribution in [0.15, 0.2) is 36.5 Å². The van der Waals surface area contributed by atoms with Gasteiger partial charge in [-0.25, -0.2) is 9.78 Å². The van der Waals surface area contributed by atoms with Crippen LogP contribution in [0.5, 0.6) is 5.75 Å². The van der Waals surface area contributed by atoms with Crippen molar-refractivity contribution < 1.29 is 19.1 Å². The van der Waals surface area contributed by atoms with Crippen molar-refractivity contribution in [2.24, 2.45) is 16.7 Å². The van der Waals surface area contributed by atoms with Crippen molar-refractivity contribution in [1.82, 2.24) is 9.88 Å². The molecule has 2 aliphatic rings. The molecular weight excluding hydrogens is 528 g/mol. The molecule has 1 aliphatic carbocycles. The first-order chi connectivity index (χ1) is 18.6. The summed E-state index contributed by atoms with van der Waals surface area (Å²) in [5.74, 6) is 1.57. The first-order valence-corrected chi connectivity index (χ1v) is 14.1. The maximum atomic E-state index is 13.3. The molecule has 0 bridgehead atoms. The van der Waals surface area contributed by atoms with E-state index >= 15 is 0 Å². The minimum Gasteiger partial charge on any atom is -0.489 e. The number of carbonyl (C=O) groups is 2. The minimum absolute atomic E-state index is 0.0554. The molecular formula is C31H39ClN4O4. The van der Waals surface area contributed by atoms with Crippen molar-refractivity contribution in [1.29, 1.82) is 5.26 Å². The summed E-state index contributed by atoms with van der Waals surface area (Å²) in [6, 6.07) is 10.9. The van der Waals surface area contributed by atoms with Crippen LogP contribution in [-0.2, 0) is 4.74 Å². The van der Waals surface area contributed by atoms with E-state index in [9.17, 15) is 9.59 Å². The lowest BCUT2D eigenvalue weighted by Crippen LogP contribution is -2.66. The molecule has 2 aromatic rings. The van der Waals surface area contributed by atoms with Crippen LogP contribution in [0.25, 0.3) is 0 Å². The summed E-state index contributed by atoms with van der Waals surface area (Å²) in [5, 5.41) is 9.50. The maximum absolute atomic E-state index is 13.3. The molecule has 9 heteroatoms. The smallest absolute Gasteiger partial charge is 0.410 e. The molecule has 2 heterocycles. The van der Waals surface area contributed by atoms with E-state index in [1.165, 1.54) is 0 Å². The second-order valence-corrected chi connectivity index (χ2v) is 13.3. The van der Waals surface area contributed by atoms with Gasteiger partial charge < -0.3 is 19.3 Å². The van der Waals surface area contributed by atoms with Crippen molar-refractivity contribution in [3.63, 3.8) is 0 Å². The van der Waals surface area contributed by atoms with Crippen LogP contribution in [0.4, 0.5) is 10.6 Å². The highest BCUT2D eigenvalue weighted by Crippen LogP contribution is 2.61. The van der Waals surface area contributed by atoms with Gasteiger partial charge in [0.2, 0.25) is 0 Å². The molecule has 0 N–H and O–H groups in total. The summed E-state index contributed by atoms with van der Waals surface area (Å²) in [5.41, 5.74) is -0.0187. The van der Waals surface area contributed by atoms with Gasteiger partial charge in [-0.15, -0.1) is 0 Å².